The van der Waals surface area contributed by atoms with Crippen molar-refractivity contribution in [3.63, 3.8) is 0 Å². The van der Waals surface area contributed by atoms with Gasteiger partial charge in [0, 0.05) is 37.2 Å². The van der Waals surface area contributed by atoms with Crippen LogP contribution >= 0.6 is 24.4 Å². The number of hydrogen-bond donors (Lipinski definition) is 8. The number of amides is 2. The molecule has 0 fully saturated rings. The summed E-state index contributed by atoms with van der Waals surface area (Å²) in [4.78, 5) is 12.3. The van der Waals surface area contributed by atoms with Crippen LogP contribution in [0.15, 0.2) is 36.4 Å². The zero-order chi connectivity index (χ0) is 20.7. The van der Waals surface area contributed by atoms with Gasteiger partial charge in [0.25, 0.3) is 0 Å². The van der Waals surface area contributed by atoms with E-state index in [1.807, 2.05) is 0 Å². The Bertz CT molecular complexity index is 870. The largest absolute Gasteiger partial charge is 0.508 e. The minimum Gasteiger partial charge on any atom is -0.508 e. The van der Waals surface area contributed by atoms with Crippen molar-refractivity contribution in [2.45, 2.75) is 0 Å². The zero-order valence-corrected chi connectivity index (χ0v) is 16.7. The van der Waals surface area contributed by atoms with Crippen LogP contribution in [-0.4, -0.2) is 40.6 Å². The molecule has 9 nitrogen and oxygen atoms in total. The molecule has 2 amide bonds. The average molecular weight is 421 g/mol. The predicted molar refractivity (Wildman–Crippen MR) is 119 cm³/mol. The van der Waals surface area contributed by atoms with Gasteiger partial charge in [0.05, 0.1) is 5.69 Å². The minimum atomic E-state index is -0.614. The lowest BCUT2D eigenvalue weighted by Gasteiger charge is -2.15. The Morgan fingerprint density at radius 1 is 0.786 bits per heavy atom. The molecule has 2 rings (SSSR count). The summed E-state index contributed by atoms with van der Waals surface area (Å²) >= 11 is 10.2. The summed E-state index contributed by atoms with van der Waals surface area (Å²) < 4.78 is 0. The second-order valence-corrected chi connectivity index (χ2v) is 6.30. The summed E-state index contributed by atoms with van der Waals surface area (Å²) in [5.74, 6) is -0.267. The minimum absolute atomic E-state index is 0.0675. The number of nitrogens with one attached hydrogen (secondary N) is 6. The predicted octanol–water partition coefficient (Wildman–Crippen LogP) is 2.57. The third kappa shape index (κ3) is 6.14. The molecule has 28 heavy (non-hydrogen) atoms. The van der Waals surface area contributed by atoms with Gasteiger partial charge in [0.15, 0.2) is 10.2 Å². The molecule has 8 N–H and O–H groups in total. The first-order valence-electron chi connectivity index (χ1n) is 8.03. The Hall–Kier alpha value is -3.31. The molecule has 0 aliphatic heterocycles. The second-order valence-electron chi connectivity index (χ2n) is 5.49. The second kappa shape index (κ2) is 9.58. The van der Waals surface area contributed by atoms with E-state index in [9.17, 15) is 15.0 Å². The van der Waals surface area contributed by atoms with E-state index in [0.717, 1.165) is 0 Å². The van der Waals surface area contributed by atoms with Crippen molar-refractivity contribution < 1.29 is 15.0 Å². The Balaban J connectivity index is 2.21. The summed E-state index contributed by atoms with van der Waals surface area (Å²) in [5.41, 5.74) is 1.72. The first kappa shape index (κ1) is 21.0. The molecule has 0 radical (unpaired) electrons. The van der Waals surface area contributed by atoms with Crippen molar-refractivity contribution >= 4 is 63.4 Å². The molecule has 2 aromatic rings. The average Bonchev–Trinajstić information content (AvgIpc) is 2.64. The molecule has 0 saturated heterocycles. The summed E-state index contributed by atoms with van der Waals surface area (Å²) in [6.45, 7) is 0. The Kier molecular flexibility index (Phi) is 7.18. The highest BCUT2D eigenvalue weighted by atomic mass is 32.1. The molecular formula is C17H20N6O3S2. The number of phenols is 2. The molecular weight excluding hydrogens is 400 g/mol. The summed E-state index contributed by atoms with van der Waals surface area (Å²) in [6.07, 6.45) is 0. The van der Waals surface area contributed by atoms with Crippen LogP contribution < -0.4 is 31.9 Å². The topological polar surface area (TPSA) is 130 Å². The Labute approximate surface area is 172 Å². The molecule has 0 bridgehead atoms. The maximum absolute atomic E-state index is 12.3. The highest BCUT2D eigenvalue weighted by Crippen LogP contribution is 2.28. The Morgan fingerprint density at radius 2 is 1.29 bits per heavy atom. The van der Waals surface area contributed by atoms with Crippen molar-refractivity contribution in [2.24, 2.45) is 0 Å². The number of anilines is 4. The van der Waals surface area contributed by atoms with E-state index in [1.54, 1.807) is 32.3 Å². The number of rotatable bonds is 4. The summed E-state index contributed by atoms with van der Waals surface area (Å²) in [7, 11) is 3.36. The quantitative estimate of drug-likeness (QED) is 0.214. The zero-order valence-electron chi connectivity index (χ0n) is 15.1. The van der Waals surface area contributed by atoms with Gasteiger partial charge < -0.3 is 42.1 Å². The molecule has 0 aliphatic rings. The number of carbonyl (C=O) groups is 1. The van der Waals surface area contributed by atoms with Gasteiger partial charge in [-0.15, -0.1) is 0 Å². The van der Waals surface area contributed by atoms with E-state index in [-0.39, 0.29) is 17.2 Å². The Morgan fingerprint density at radius 3 is 1.79 bits per heavy atom. The standard InChI is InChI=1S/C17H20N6O3S2/c1-18-16(27)21-10-5-9(6-11(7-10)22-17(28)19-2)20-15(26)23-13-8-12(24)3-4-14(13)25/h3-8,24-25H,1-2H3,(H2,18,21,27)(H2,19,22,28)(H2,20,23,26). The van der Waals surface area contributed by atoms with Crippen LogP contribution in [-0.2, 0) is 0 Å². The van der Waals surface area contributed by atoms with Crippen molar-refractivity contribution in [3.8, 4) is 11.5 Å². The molecule has 11 heteroatoms. The molecule has 0 unspecified atom stereocenters. The SMILES string of the molecule is CNC(=S)Nc1cc(NC(=O)Nc2cc(O)ccc2O)cc(NC(=S)NC)c1. The number of hydrogen-bond acceptors (Lipinski definition) is 5. The lowest BCUT2D eigenvalue weighted by molar-refractivity contribution is 0.262. The van der Waals surface area contributed by atoms with Gasteiger partial charge in [-0.25, -0.2) is 4.79 Å². The van der Waals surface area contributed by atoms with Crippen LogP contribution in [0.4, 0.5) is 27.5 Å². The molecule has 0 heterocycles. The van der Waals surface area contributed by atoms with Crippen LogP contribution in [0.2, 0.25) is 0 Å². The number of urea groups is 1. The molecule has 0 aliphatic carbocycles. The third-order valence-corrected chi connectivity index (χ3v) is 4.00. The van der Waals surface area contributed by atoms with Crippen LogP contribution in [0.3, 0.4) is 0 Å². The number of phenolic OH excluding ortho intramolecular Hbond substituents is 2. The van der Waals surface area contributed by atoms with E-state index >= 15 is 0 Å². The third-order valence-electron chi connectivity index (χ3n) is 3.39. The van der Waals surface area contributed by atoms with E-state index in [2.05, 4.69) is 31.9 Å². The van der Waals surface area contributed by atoms with E-state index < -0.39 is 6.03 Å². The van der Waals surface area contributed by atoms with E-state index in [1.165, 1.54) is 18.2 Å². The van der Waals surface area contributed by atoms with Crippen molar-refractivity contribution in [1.29, 1.82) is 0 Å². The lowest BCUT2D eigenvalue weighted by Crippen LogP contribution is -2.26. The van der Waals surface area contributed by atoms with Gasteiger partial charge in [-0.05, 0) is 54.8 Å². The first-order valence-corrected chi connectivity index (χ1v) is 8.85. The molecule has 0 atom stereocenters. The fraction of sp³-hybridized carbons (Fsp3) is 0.118. The van der Waals surface area contributed by atoms with Gasteiger partial charge in [0.1, 0.15) is 11.5 Å². The van der Waals surface area contributed by atoms with Crippen LogP contribution in [0.5, 0.6) is 11.5 Å². The van der Waals surface area contributed by atoms with Crippen molar-refractivity contribution in [1.82, 2.24) is 10.6 Å². The van der Waals surface area contributed by atoms with Gasteiger partial charge in [-0.2, -0.15) is 0 Å². The number of benzene rings is 2. The monoisotopic (exact) mass is 420 g/mol. The highest BCUT2D eigenvalue weighted by molar-refractivity contribution is 7.80. The summed E-state index contributed by atoms with van der Waals surface area (Å²) in [6, 6.07) is 8.29. The van der Waals surface area contributed by atoms with Crippen LogP contribution in [0.25, 0.3) is 0 Å². The van der Waals surface area contributed by atoms with Crippen LogP contribution in [0, 0.1) is 0 Å². The number of thiocarbonyl (C=S) groups is 2. The van der Waals surface area contributed by atoms with E-state index in [4.69, 9.17) is 24.4 Å². The van der Waals surface area contributed by atoms with Gasteiger partial charge in [-0.3, -0.25) is 0 Å². The fourth-order valence-electron chi connectivity index (χ4n) is 2.14. The molecule has 0 aromatic heterocycles. The molecule has 0 saturated carbocycles. The van der Waals surface area contributed by atoms with Crippen molar-refractivity contribution in [3.05, 3.63) is 36.4 Å². The molecule has 0 spiro atoms. The first-order chi connectivity index (χ1) is 13.3. The molecule has 2 aromatic carbocycles. The number of aromatic hydroxyl groups is 2. The maximum atomic E-state index is 12.3. The van der Waals surface area contributed by atoms with Crippen LogP contribution in [0.1, 0.15) is 0 Å². The lowest BCUT2D eigenvalue weighted by atomic mass is 10.2. The van der Waals surface area contributed by atoms with Gasteiger partial charge in [0.2, 0.25) is 0 Å². The summed E-state index contributed by atoms with van der Waals surface area (Å²) in [5, 5.41) is 36.7. The normalized spacial score (nSPS) is 9.79. The maximum Gasteiger partial charge on any atom is 0.323 e. The molecule has 148 valence electrons. The number of carbonyl (C=O) groups excluding carboxylic acids is 1. The van der Waals surface area contributed by atoms with E-state index in [0.29, 0.717) is 27.3 Å². The van der Waals surface area contributed by atoms with Gasteiger partial charge in [-0.1, -0.05) is 0 Å². The fourth-order valence-corrected chi connectivity index (χ4v) is 2.38. The highest BCUT2D eigenvalue weighted by Gasteiger charge is 2.10. The van der Waals surface area contributed by atoms with Crippen molar-refractivity contribution in [2.75, 3.05) is 35.4 Å². The smallest absolute Gasteiger partial charge is 0.323 e. The van der Waals surface area contributed by atoms with Gasteiger partial charge >= 0.3 is 6.03 Å².